The Bertz CT molecular complexity index is 2920. The summed E-state index contributed by atoms with van der Waals surface area (Å²) < 4.78 is 4.46. The van der Waals surface area contributed by atoms with Gasteiger partial charge in [-0.25, -0.2) is 4.85 Å². The Labute approximate surface area is 288 Å². The fraction of sp³-hybridized carbons (Fsp3) is 0. The van der Waals surface area contributed by atoms with Gasteiger partial charge in [0.1, 0.15) is 0 Å². The molecule has 7 aromatic carbocycles. The highest BCUT2D eigenvalue weighted by Crippen LogP contribution is 2.40. The summed E-state index contributed by atoms with van der Waals surface area (Å²) in [5.41, 5.74) is 11.6. The van der Waals surface area contributed by atoms with Crippen molar-refractivity contribution in [2.75, 3.05) is 0 Å². The Hall–Kier alpha value is -7.39. The van der Waals surface area contributed by atoms with Gasteiger partial charge in [0.15, 0.2) is 5.69 Å². The van der Waals surface area contributed by atoms with Gasteiger partial charge in [-0.05, 0) is 83.4 Å². The summed E-state index contributed by atoms with van der Waals surface area (Å²) >= 11 is 0. The molecule has 2 aromatic heterocycles. The molecular formula is C45H25N5. The number of fused-ring (bicyclic) bond motifs is 6. The predicted molar refractivity (Wildman–Crippen MR) is 202 cm³/mol. The third-order valence-corrected chi connectivity index (χ3v) is 9.59. The van der Waals surface area contributed by atoms with Gasteiger partial charge in [-0.1, -0.05) is 84.9 Å². The molecule has 5 heteroatoms. The zero-order valence-corrected chi connectivity index (χ0v) is 26.7. The highest BCUT2D eigenvalue weighted by molar-refractivity contribution is 6.11. The molecule has 0 radical (unpaired) electrons. The third kappa shape index (κ3) is 4.38. The maximum atomic E-state index is 9.74. The van der Waals surface area contributed by atoms with Crippen LogP contribution in [0.5, 0.6) is 0 Å². The molecule has 5 nitrogen and oxygen atoms in total. The zero-order chi connectivity index (χ0) is 33.8. The summed E-state index contributed by atoms with van der Waals surface area (Å²) in [7, 11) is 0. The van der Waals surface area contributed by atoms with E-state index in [1.807, 2.05) is 42.5 Å². The minimum Gasteiger partial charge on any atom is -0.309 e. The monoisotopic (exact) mass is 635 g/mol. The van der Waals surface area contributed by atoms with E-state index in [4.69, 9.17) is 6.57 Å². The summed E-state index contributed by atoms with van der Waals surface area (Å²) in [5.74, 6) is 0. The molecule has 0 fully saturated rings. The standard InChI is InChI=1S/C45H25N5/c1-48-40-21-19-33(49-44-22-18-29(27-46)23-39(44)37-20-17-30(28-47)24-45(37)49)26-38(40)32-10-8-9-31(25-32)34-11-2-5-14-41(34)50-42-15-6-3-12-35(42)36-13-4-7-16-43(36)50/h2-26H. The van der Waals surface area contributed by atoms with Crippen LogP contribution in [0.15, 0.2) is 152 Å². The van der Waals surface area contributed by atoms with Crippen LogP contribution < -0.4 is 0 Å². The van der Waals surface area contributed by atoms with E-state index in [1.54, 1.807) is 6.07 Å². The van der Waals surface area contributed by atoms with Crippen molar-refractivity contribution in [3.63, 3.8) is 0 Å². The smallest absolute Gasteiger partial charge is 0.195 e. The maximum absolute atomic E-state index is 9.74. The molecular weight excluding hydrogens is 611 g/mol. The second-order valence-corrected chi connectivity index (χ2v) is 12.3. The van der Waals surface area contributed by atoms with Gasteiger partial charge in [-0.2, -0.15) is 10.5 Å². The molecule has 0 aliphatic rings. The van der Waals surface area contributed by atoms with Gasteiger partial charge in [0.2, 0.25) is 0 Å². The van der Waals surface area contributed by atoms with E-state index >= 15 is 0 Å². The van der Waals surface area contributed by atoms with Crippen molar-refractivity contribution in [1.82, 2.24) is 9.13 Å². The summed E-state index contributed by atoms with van der Waals surface area (Å²) in [6.07, 6.45) is 0. The van der Waals surface area contributed by atoms with Crippen molar-refractivity contribution in [1.29, 1.82) is 10.5 Å². The average Bonchev–Trinajstić information content (AvgIpc) is 3.69. The van der Waals surface area contributed by atoms with E-state index in [9.17, 15) is 10.5 Å². The zero-order valence-electron chi connectivity index (χ0n) is 26.7. The number of hydrogen-bond acceptors (Lipinski definition) is 2. The van der Waals surface area contributed by atoms with E-state index in [0.717, 1.165) is 66.5 Å². The first-order chi connectivity index (χ1) is 24.7. The molecule has 0 bridgehead atoms. The first-order valence-electron chi connectivity index (χ1n) is 16.3. The van der Waals surface area contributed by atoms with Crippen LogP contribution in [-0.4, -0.2) is 9.13 Å². The SMILES string of the molecule is [C-]#[N+]c1ccc(-n2c3ccc(C#N)cc3c3ccc(C#N)cc32)cc1-c1cccc(-c2ccccc2-n2c3ccccc3c3ccccc32)c1. The van der Waals surface area contributed by atoms with Crippen LogP contribution in [0.4, 0.5) is 5.69 Å². The van der Waals surface area contributed by atoms with E-state index in [-0.39, 0.29) is 0 Å². The van der Waals surface area contributed by atoms with Gasteiger partial charge in [0.25, 0.3) is 0 Å². The normalized spacial score (nSPS) is 11.1. The predicted octanol–water partition coefficient (Wildman–Crippen LogP) is 11.5. The van der Waals surface area contributed by atoms with Crippen LogP contribution in [0.2, 0.25) is 0 Å². The highest BCUT2D eigenvalue weighted by atomic mass is 15.0. The fourth-order valence-corrected chi connectivity index (χ4v) is 7.38. The lowest BCUT2D eigenvalue weighted by atomic mass is 9.96. The van der Waals surface area contributed by atoms with Crippen molar-refractivity contribution < 1.29 is 0 Å². The van der Waals surface area contributed by atoms with Gasteiger partial charge in [-0.3, -0.25) is 0 Å². The molecule has 0 unspecified atom stereocenters. The minimum absolute atomic E-state index is 0.548. The molecule has 0 N–H and O–H groups in total. The molecule has 2 heterocycles. The van der Waals surface area contributed by atoms with Crippen LogP contribution in [0.25, 0.3) is 82.1 Å². The molecule has 0 saturated heterocycles. The summed E-state index contributed by atoms with van der Waals surface area (Å²) in [4.78, 5) is 3.93. The van der Waals surface area contributed by atoms with Gasteiger partial charge in [-0.15, -0.1) is 0 Å². The first kappa shape index (κ1) is 28.8. The largest absolute Gasteiger partial charge is 0.309 e. The lowest BCUT2D eigenvalue weighted by molar-refractivity contribution is 1.18. The van der Waals surface area contributed by atoms with Gasteiger partial charge < -0.3 is 9.13 Å². The maximum Gasteiger partial charge on any atom is 0.195 e. The Kier molecular flexibility index (Phi) is 6.56. The van der Waals surface area contributed by atoms with Gasteiger partial charge in [0.05, 0.1) is 57.6 Å². The van der Waals surface area contributed by atoms with E-state index in [0.29, 0.717) is 16.8 Å². The summed E-state index contributed by atoms with van der Waals surface area (Å²) in [6, 6.07) is 55.6. The van der Waals surface area contributed by atoms with Crippen LogP contribution in [0.3, 0.4) is 0 Å². The second kappa shape index (κ2) is 11.4. The number of nitrogens with zero attached hydrogens (tertiary/aromatic N) is 5. The molecule has 0 spiro atoms. The van der Waals surface area contributed by atoms with Crippen molar-refractivity contribution in [2.45, 2.75) is 0 Å². The molecule has 0 aliphatic carbocycles. The van der Waals surface area contributed by atoms with E-state index < -0.39 is 0 Å². The lowest BCUT2D eigenvalue weighted by Gasteiger charge is -2.16. The van der Waals surface area contributed by atoms with Crippen molar-refractivity contribution in [3.05, 3.63) is 174 Å². The topological polar surface area (TPSA) is 61.8 Å². The van der Waals surface area contributed by atoms with Crippen LogP contribution >= 0.6 is 0 Å². The number of benzene rings is 7. The Morgan fingerprint density at radius 3 is 1.82 bits per heavy atom. The van der Waals surface area contributed by atoms with E-state index in [1.165, 1.54) is 10.8 Å². The Balaban J connectivity index is 1.24. The van der Waals surface area contributed by atoms with Crippen LogP contribution in [0, 0.1) is 29.2 Å². The molecule has 9 rings (SSSR count). The Morgan fingerprint density at radius 1 is 0.460 bits per heavy atom. The third-order valence-electron chi connectivity index (χ3n) is 9.59. The first-order valence-corrected chi connectivity index (χ1v) is 16.3. The summed E-state index contributed by atoms with van der Waals surface area (Å²) in [6.45, 7) is 8.09. The van der Waals surface area contributed by atoms with Crippen LogP contribution in [-0.2, 0) is 0 Å². The van der Waals surface area contributed by atoms with Crippen molar-refractivity contribution in [2.24, 2.45) is 0 Å². The van der Waals surface area contributed by atoms with Crippen molar-refractivity contribution >= 4 is 49.3 Å². The van der Waals surface area contributed by atoms with Gasteiger partial charge >= 0.3 is 0 Å². The number of nitriles is 2. The van der Waals surface area contributed by atoms with Gasteiger partial charge in [0, 0.05) is 32.8 Å². The van der Waals surface area contributed by atoms with Crippen molar-refractivity contribution in [3.8, 4) is 45.8 Å². The highest BCUT2D eigenvalue weighted by Gasteiger charge is 2.18. The number of hydrogen-bond donors (Lipinski definition) is 0. The molecule has 0 aliphatic heterocycles. The number of para-hydroxylation sites is 3. The van der Waals surface area contributed by atoms with E-state index in [2.05, 4.69) is 129 Å². The summed E-state index contributed by atoms with van der Waals surface area (Å²) in [5, 5.41) is 23.7. The fourth-order valence-electron chi connectivity index (χ4n) is 7.38. The molecule has 0 saturated carbocycles. The minimum atomic E-state index is 0.548. The van der Waals surface area contributed by atoms with Crippen LogP contribution in [0.1, 0.15) is 11.1 Å². The molecule has 0 atom stereocenters. The molecule has 9 aromatic rings. The molecule has 230 valence electrons. The molecule has 0 amide bonds. The molecule has 50 heavy (non-hydrogen) atoms. The number of aromatic nitrogens is 2. The quantitative estimate of drug-likeness (QED) is 0.181. The second-order valence-electron chi connectivity index (χ2n) is 12.3. The lowest BCUT2D eigenvalue weighted by Crippen LogP contribution is -1.97. The Morgan fingerprint density at radius 2 is 1.08 bits per heavy atom. The average molecular weight is 636 g/mol. The number of rotatable bonds is 4.